The molecule has 1 aromatic carbocycles. The molecule has 1 rings (SSSR count). The van der Waals surface area contributed by atoms with Gasteiger partial charge in [0, 0.05) is 11.1 Å². The summed E-state index contributed by atoms with van der Waals surface area (Å²) in [7, 11) is 0. The normalized spacial score (nSPS) is 13.7. The Morgan fingerprint density at radius 1 is 1.24 bits per heavy atom. The van der Waals surface area contributed by atoms with Crippen LogP contribution in [-0.4, -0.2) is 38.1 Å². The molecule has 1 aromatic rings. The SMILES string of the molecule is CCNC(COCC(F)(F)C(F)F)Cc1ccc(Cl)cc1. The predicted octanol–water partition coefficient (Wildman–Crippen LogP) is 3.78. The zero-order valence-electron chi connectivity index (χ0n) is 11.6. The first-order valence-electron chi connectivity index (χ1n) is 6.56. The molecule has 0 saturated heterocycles. The summed E-state index contributed by atoms with van der Waals surface area (Å²) in [5.74, 6) is -4.11. The van der Waals surface area contributed by atoms with Gasteiger partial charge in [0.2, 0.25) is 0 Å². The first-order chi connectivity index (χ1) is 9.85. The van der Waals surface area contributed by atoms with E-state index in [2.05, 4.69) is 5.32 Å². The monoisotopic (exact) mass is 327 g/mol. The van der Waals surface area contributed by atoms with E-state index in [1.54, 1.807) is 12.1 Å². The molecule has 7 heteroatoms. The molecule has 0 bridgehead atoms. The summed E-state index contributed by atoms with van der Waals surface area (Å²) in [6.45, 7) is 1.13. The molecular formula is C14H18ClF4NO. The van der Waals surface area contributed by atoms with Crippen LogP contribution < -0.4 is 5.32 Å². The Kier molecular flexibility index (Phi) is 7.42. The number of hydrogen-bond acceptors (Lipinski definition) is 2. The minimum absolute atomic E-state index is 0.0707. The van der Waals surface area contributed by atoms with Gasteiger partial charge >= 0.3 is 12.3 Å². The number of benzene rings is 1. The Morgan fingerprint density at radius 2 is 1.86 bits per heavy atom. The maximum Gasteiger partial charge on any atom is 0.330 e. The van der Waals surface area contributed by atoms with E-state index in [-0.39, 0.29) is 12.6 Å². The van der Waals surface area contributed by atoms with E-state index in [1.807, 2.05) is 19.1 Å². The lowest BCUT2D eigenvalue weighted by atomic mass is 10.1. The largest absolute Gasteiger partial charge is 0.373 e. The van der Waals surface area contributed by atoms with E-state index in [1.165, 1.54) is 0 Å². The molecule has 0 aliphatic heterocycles. The smallest absolute Gasteiger partial charge is 0.330 e. The molecule has 0 amide bonds. The van der Waals surface area contributed by atoms with Gasteiger partial charge in [-0.1, -0.05) is 30.7 Å². The van der Waals surface area contributed by atoms with Crippen LogP contribution in [0.3, 0.4) is 0 Å². The summed E-state index contributed by atoms with van der Waals surface area (Å²) in [5, 5.41) is 3.67. The van der Waals surface area contributed by atoms with Crippen LogP contribution in [0.25, 0.3) is 0 Å². The van der Waals surface area contributed by atoms with Crippen molar-refractivity contribution in [3.8, 4) is 0 Å². The van der Waals surface area contributed by atoms with Crippen LogP contribution in [0.1, 0.15) is 12.5 Å². The van der Waals surface area contributed by atoms with Gasteiger partial charge in [0.15, 0.2) is 0 Å². The van der Waals surface area contributed by atoms with Gasteiger partial charge in [0.05, 0.1) is 6.61 Å². The molecule has 120 valence electrons. The number of ether oxygens (including phenoxy) is 1. The van der Waals surface area contributed by atoms with E-state index < -0.39 is 19.0 Å². The summed E-state index contributed by atoms with van der Waals surface area (Å²) in [5.41, 5.74) is 0.953. The van der Waals surface area contributed by atoms with E-state index in [9.17, 15) is 17.6 Å². The van der Waals surface area contributed by atoms with Crippen LogP contribution in [0.4, 0.5) is 17.6 Å². The lowest BCUT2D eigenvalue weighted by molar-refractivity contribution is -0.167. The number of likely N-dealkylation sites (N-methyl/N-ethyl adjacent to an activating group) is 1. The number of nitrogens with one attached hydrogen (secondary N) is 1. The van der Waals surface area contributed by atoms with E-state index in [0.29, 0.717) is 18.0 Å². The Hall–Kier alpha value is -0.850. The summed E-state index contributed by atoms with van der Waals surface area (Å²) < 4.78 is 54.3. The molecule has 0 fully saturated rings. The van der Waals surface area contributed by atoms with Crippen LogP contribution in [0, 0.1) is 0 Å². The van der Waals surface area contributed by atoms with Crippen LogP contribution in [0.15, 0.2) is 24.3 Å². The molecule has 1 unspecified atom stereocenters. The molecule has 1 atom stereocenters. The maximum atomic E-state index is 12.7. The molecule has 21 heavy (non-hydrogen) atoms. The molecule has 0 radical (unpaired) electrons. The van der Waals surface area contributed by atoms with E-state index in [4.69, 9.17) is 16.3 Å². The number of alkyl halides is 4. The van der Waals surface area contributed by atoms with Crippen molar-refractivity contribution in [2.24, 2.45) is 0 Å². The third-order valence-electron chi connectivity index (χ3n) is 2.82. The van der Waals surface area contributed by atoms with Crippen molar-refractivity contribution in [3.05, 3.63) is 34.9 Å². The lowest BCUT2D eigenvalue weighted by Gasteiger charge is -2.20. The third-order valence-corrected chi connectivity index (χ3v) is 3.07. The summed E-state index contributed by atoms with van der Waals surface area (Å²) in [6.07, 6.45) is -3.18. The van der Waals surface area contributed by atoms with Crippen molar-refractivity contribution < 1.29 is 22.3 Å². The number of halogens is 5. The molecule has 1 N–H and O–H groups in total. The van der Waals surface area contributed by atoms with Crippen molar-refractivity contribution in [2.45, 2.75) is 31.7 Å². The number of rotatable bonds is 9. The average Bonchev–Trinajstić information content (AvgIpc) is 2.41. The molecule has 2 nitrogen and oxygen atoms in total. The first kappa shape index (κ1) is 18.2. The highest BCUT2D eigenvalue weighted by molar-refractivity contribution is 6.30. The van der Waals surface area contributed by atoms with Gasteiger partial charge in [-0.2, -0.15) is 8.78 Å². The fraction of sp³-hybridized carbons (Fsp3) is 0.571. The van der Waals surface area contributed by atoms with Crippen molar-refractivity contribution in [1.82, 2.24) is 5.32 Å². The standard InChI is InChI=1S/C14H18ClF4NO/c1-2-20-12(7-10-3-5-11(15)6-4-10)8-21-9-14(18,19)13(16)17/h3-6,12-13,20H,2,7-9H2,1H3. The molecule has 0 aliphatic rings. The average molecular weight is 328 g/mol. The van der Waals surface area contributed by atoms with Crippen LogP contribution in [0.5, 0.6) is 0 Å². The van der Waals surface area contributed by atoms with E-state index in [0.717, 1.165) is 5.56 Å². The minimum atomic E-state index is -4.11. The number of hydrogen-bond donors (Lipinski definition) is 1. The Labute approximate surface area is 126 Å². The first-order valence-corrected chi connectivity index (χ1v) is 6.94. The van der Waals surface area contributed by atoms with Crippen molar-refractivity contribution in [1.29, 1.82) is 0 Å². The van der Waals surface area contributed by atoms with Crippen molar-refractivity contribution in [3.63, 3.8) is 0 Å². The van der Waals surface area contributed by atoms with E-state index >= 15 is 0 Å². The van der Waals surface area contributed by atoms with Gasteiger partial charge in [0.25, 0.3) is 0 Å². The molecule has 0 heterocycles. The highest BCUT2D eigenvalue weighted by Crippen LogP contribution is 2.23. The zero-order valence-corrected chi connectivity index (χ0v) is 12.3. The fourth-order valence-electron chi connectivity index (χ4n) is 1.78. The fourth-order valence-corrected chi connectivity index (χ4v) is 1.91. The topological polar surface area (TPSA) is 21.3 Å². The van der Waals surface area contributed by atoms with Gasteiger partial charge < -0.3 is 10.1 Å². The lowest BCUT2D eigenvalue weighted by Crippen LogP contribution is -2.38. The summed E-state index contributed by atoms with van der Waals surface area (Å²) in [4.78, 5) is 0. The van der Waals surface area contributed by atoms with Gasteiger partial charge in [0.1, 0.15) is 6.61 Å². The minimum Gasteiger partial charge on any atom is -0.373 e. The molecule has 0 saturated carbocycles. The van der Waals surface area contributed by atoms with Crippen molar-refractivity contribution in [2.75, 3.05) is 19.8 Å². The molecule has 0 aromatic heterocycles. The maximum absolute atomic E-state index is 12.7. The Morgan fingerprint density at radius 3 is 2.38 bits per heavy atom. The van der Waals surface area contributed by atoms with Gasteiger partial charge in [-0.25, -0.2) is 8.78 Å². The second kappa shape index (κ2) is 8.56. The second-order valence-corrected chi connectivity index (χ2v) is 5.10. The van der Waals surface area contributed by atoms with Crippen molar-refractivity contribution >= 4 is 11.6 Å². The predicted molar refractivity (Wildman–Crippen MR) is 74.4 cm³/mol. The highest BCUT2D eigenvalue weighted by Gasteiger charge is 2.41. The molecular weight excluding hydrogens is 310 g/mol. The van der Waals surface area contributed by atoms with Gasteiger partial charge in [-0.3, -0.25) is 0 Å². The molecule has 0 spiro atoms. The summed E-state index contributed by atoms with van der Waals surface area (Å²) in [6, 6.07) is 6.86. The van der Waals surface area contributed by atoms with Gasteiger partial charge in [-0.05, 0) is 30.7 Å². The Bertz CT molecular complexity index is 414. The van der Waals surface area contributed by atoms with Crippen LogP contribution in [-0.2, 0) is 11.2 Å². The van der Waals surface area contributed by atoms with Crippen LogP contribution in [0.2, 0.25) is 5.02 Å². The Balaban J connectivity index is 2.48. The summed E-state index contributed by atoms with van der Waals surface area (Å²) >= 11 is 5.78. The zero-order chi connectivity index (χ0) is 15.9. The van der Waals surface area contributed by atoms with Crippen LogP contribution >= 0.6 is 11.6 Å². The molecule has 0 aliphatic carbocycles. The quantitative estimate of drug-likeness (QED) is 0.697. The highest BCUT2D eigenvalue weighted by atomic mass is 35.5. The van der Waals surface area contributed by atoms with Gasteiger partial charge in [-0.15, -0.1) is 0 Å². The third kappa shape index (κ3) is 6.63. The second-order valence-electron chi connectivity index (χ2n) is 4.66.